The van der Waals surface area contributed by atoms with E-state index in [2.05, 4.69) is 32.4 Å². The van der Waals surface area contributed by atoms with Crippen molar-refractivity contribution < 1.29 is 0 Å². The number of guanidine groups is 1. The van der Waals surface area contributed by atoms with Gasteiger partial charge in [0.1, 0.15) is 18.7 Å². The molecule has 1 aromatic heterocycles. The summed E-state index contributed by atoms with van der Waals surface area (Å²) in [7, 11) is 1.89. The molecule has 22 heavy (non-hydrogen) atoms. The molecule has 1 aliphatic heterocycles. The van der Waals surface area contributed by atoms with Crippen LogP contribution in [0.3, 0.4) is 0 Å². The molecule has 0 radical (unpaired) electrons. The first-order chi connectivity index (χ1) is 10.8. The van der Waals surface area contributed by atoms with E-state index in [-0.39, 0.29) is 0 Å². The molecular weight excluding hydrogens is 276 g/mol. The second-order valence-electron chi connectivity index (χ2n) is 5.48. The molecule has 1 aromatic carbocycles. The lowest BCUT2D eigenvalue weighted by molar-refractivity contribution is 0.340. The summed E-state index contributed by atoms with van der Waals surface area (Å²) in [5.74, 6) is 1.79. The topological polar surface area (TPSA) is 58.3 Å². The summed E-state index contributed by atoms with van der Waals surface area (Å²) in [5, 5.41) is 7.54. The summed E-state index contributed by atoms with van der Waals surface area (Å²) in [6.07, 6.45) is 5.31. The number of anilines is 1. The molecule has 3 rings (SSSR count). The summed E-state index contributed by atoms with van der Waals surface area (Å²) in [4.78, 5) is 11.3. The molecule has 0 aliphatic carbocycles. The Morgan fingerprint density at radius 1 is 1.18 bits per heavy atom. The third-order valence-corrected chi connectivity index (χ3v) is 3.86. The number of aliphatic imine (C=N–C) groups is 1. The molecule has 1 N–H and O–H groups in total. The van der Waals surface area contributed by atoms with Crippen LogP contribution >= 0.6 is 0 Å². The van der Waals surface area contributed by atoms with Crippen molar-refractivity contribution in [2.24, 2.45) is 12.0 Å². The van der Waals surface area contributed by atoms with E-state index in [1.807, 2.05) is 25.2 Å². The highest BCUT2D eigenvalue weighted by Gasteiger charge is 2.15. The Morgan fingerprint density at radius 2 is 1.95 bits per heavy atom. The van der Waals surface area contributed by atoms with Crippen LogP contribution < -0.4 is 5.32 Å². The minimum Gasteiger partial charge on any atom is -0.343 e. The van der Waals surface area contributed by atoms with Crippen LogP contribution in [0.2, 0.25) is 0 Å². The van der Waals surface area contributed by atoms with Crippen molar-refractivity contribution in [1.29, 1.82) is 0 Å². The maximum Gasteiger partial charge on any atom is 0.198 e. The van der Waals surface area contributed by atoms with Crippen LogP contribution in [0.5, 0.6) is 0 Å². The molecule has 2 heterocycles. The number of benzene rings is 1. The van der Waals surface area contributed by atoms with Crippen LogP contribution in [0.15, 0.2) is 41.7 Å². The van der Waals surface area contributed by atoms with Gasteiger partial charge in [-0.2, -0.15) is 5.10 Å². The minimum atomic E-state index is 0.530. The molecule has 0 unspecified atom stereocenters. The zero-order valence-electron chi connectivity index (χ0n) is 12.9. The van der Waals surface area contributed by atoms with E-state index in [4.69, 9.17) is 4.99 Å². The van der Waals surface area contributed by atoms with Gasteiger partial charge >= 0.3 is 0 Å². The van der Waals surface area contributed by atoms with E-state index in [9.17, 15) is 0 Å². The van der Waals surface area contributed by atoms with Gasteiger partial charge in [-0.25, -0.2) is 9.98 Å². The highest BCUT2D eigenvalue weighted by molar-refractivity contribution is 5.93. The number of nitrogens with one attached hydrogen (secondary N) is 1. The van der Waals surface area contributed by atoms with Crippen LogP contribution in [-0.4, -0.2) is 38.7 Å². The molecule has 0 spiro atoms. The molecule has 0 bridgehead atoms. The molecule has 1 saturated heterocycles. The maximum atomic E-state index is 4.75. The number of aryl methyl sites for hydroxylation is 1. The largest absolute Gasteiger partial charge is 0.343 e. The lowest BCUT2D eigenvalue weighted by atomic mass is 10.1. The number of piperidine rings is 1. The molecule has 1 fully saturated rings. The van der Waals surface area contributed by atoms with Crippen LogP contribution in [0.25, 0.3) is 0 Å². The fraction of sp³-hybridized carbons (Fsp3) is 0.438. The average Bonchev–Trinajstić information content (AvgIpc) is 2.98. The second kappa shape index (κ2) is 7.06. The average molecular weight is 298 g/mol. The van der Waals surface area contributed by atoms with Crippen molar-refractivity contribution in [3.63, 3.8) is 0 Å². The number of para-hydroxylation sites is 1. The van der Waals surface area contributed by atoms with Gasteiger partial charge in [-0.15, -0.1) is 0 Å². The van der Waals surface area contributed by atoms with E-state index in [0.717, 1.165) is 30.6 Å². The van der Waals surface area contributed by atoms with Gasteiger partial charge in [0.05, 0.1) is 0 Å². The summed E-state index contributed by atoms with van der Waals surface area (Å²) < 4.78 is 1.76. The van der Waals surface area contributed by atoms with Crippen molar-refractivity contribution in [3.8, 4) is 0 Å². The lowest BCUT2D eigenvalue weighted by Crippen LogP contribution is -2.40. The van der Waals surface area contributed by atoms with E-state index in [1.165, 1.54) is 19.3 Å². The summed E-state index contributed by atoms with van der Waals surface area (Å²) in [6.45, 7) is 2.64. The molecule has 2 aromatic rings. The van der Waals surface area contributed by atoms with E-state index in [1.54, 1.807) is 11.0 Å². The molecule has 1 aliphatic rings. The Balaban J connectivity index is 1.77. The molecular formula is C16H22N6. The Labute approximate surface area is 130 Å². The van der Waals surface area contributed by atoms with Gasteiger partial charge < -0.3 is 10.2 Å². The Morgan fingerprint density at radius 3 is 2.64 bits per heavy atom. The van der Waals surface area contributed by atoms with Crippen LogP contribution in [0.1, 0.15) is 25.1 Å². The van der Waals surface area contributed by atoms with Crippen molar-refractivity contribution in [2.45, 2.75) is 25.8 Å². The molecule has 116 valence electrons. The number of aromatic nitrogens is 3. The standard InChI is InChI=1S/C16H22N6/c1-21-15(18-13-19-21)12-17-16(22-10-6-3-7-11-22)20-14-8-4-2-5-9-14/h2,4-5,8-9,13H,3,6-7,10-12H2,1H3,(H,17,20). The normalized spacial score (nSPS) is 15.9. The van der Waals surface area contributed by atoms with Crippen molar-refractivity contribution in [1.82, 2.24) is 19.7 Å². The van der Waals surface area contributed by atoms with E-state index >= 15 is 0 Å². The van der Waals surface area contributed by atoms with Crippen LogP contribution in [0, 0.1) is 0 Å². The first-order valence-corrected chi connectivity index (χ1v) is 7.77. The monoisotopic (exact) mass is 298 g/mol. The van der Waals surface area contributed by atoms with Crippen molar-refractivity contribution in [2.75, 3.05) is 18.4 Å². The maximum absolute atomic E-state index is 4.75. The first kappa shape index (κ1) is 14.6. The number of rotatable bonds is 3. The zero-order chi connectivity index (χ0) is 15.2. The quantitative estimate of drug-likeness (QED) is 0.697. The van der Waals surface area contributed by atoms with Gasteiger partial charge in [0, 0.05) is 25.8 Å². The van der Waals surface area contributed by atoms with Crippen LogP contribution in [-0.2, 0) is 13.6 Å². The summed E-state index contributed by atoms with van der Waals surface area (Å²) in [5.41, 5.74) is 1.06. The second-order valence-corrected chi connectivity index (χ2v) is 5.48. The molecule has 6 heteroatoms. The summed E-state index contributed by atoms with van der Waals surface area (Å²) >= 11 is 0. The van der Waals surface area contributed by atoms with Gasteiger partial charge in [-0.05, 0) is 31.4 Å². The Bertz CT molecular complexity index is 613. The van der Waals surface area contributed by atoms with Crippen LogP contribution in [0.4, 0.5) is 5.69 Å². The predicted molar refractivity (Wildman–Crippen MR) is 87.6 cm³/mol. The molecule has 0 saturated carbocycles. The zero-order valence-corrected chi connectivity index (χ0v) is 12.9. The molecule has 0 amide bonds. The van der Waals surface area contributed by atoms with Gasteiger partial charge in [-0.1, -0.05) is 18.2 Å². The number of nitrogens with zero attached hydrogens (tertiary/aromatic N) is 5. The number of hydrogen-bond acceptors (Lipinski definition) is 3. The predicted octanol–water partition coefficient (Wildman–Crippen LogP) is 2.27. The van der Waals surface area contributed by atoms with E-state index in [0.29, 0.717) is 6.54 Å². The fourth-order valence-electron chi connectivity index (χ4n) is 2.58. The van der Waals surface area contributed by atoms with Gasteiger partial charge in [0.2, 0.25) is 0 Å². The minimum absolute atomic E-state index is 0.530. The fourth-order valence-corrected chi connectivity index (χ4v) is 2.58. The highest BCUT2D eigenvalue weighted by atomic mass is 15.3. The van der Waals surface area contributed by atoms with Gasteiger partial charge in [0.25, 0.3) is 0 Å². The smallest absolute Gasteiger partial charge is 0.198 e. The lowest BCUT2D eigenvalue weighted by Gasteiger charge is -2.30. The van der Waals surface area contributed by atoms with Gasteiger partial charge in [-0.3, -0.25) is 4.68 Å². The SMILES string of the molecule is Cn1ncnc1CN=C(Nc1ccccc1)N1CCCCC1. The third-order valence-electron chi connectivity index (χ3n) is 3.86. The van der Waals surface area contributed by atoms with Crippen molar-refractivity contribution in [3.05, 3.63) is 42.5 Å². The summed E-state index contributed by atoms with van der Waals surface area (Å²) in [6, 6.07) is 10.2. The number of likely N-dealkylation sites (tertiary alicyclic amines) is 1. The molecule has 6 nitrogen and oxygen atoms in total. The Hall–Kier alpha value is -2.37. The highest BCUT2D eigenvalue weighted by Crippen LogP contribution is 2.13. The van der Waals surface area contributed by atoms with Gasteiger partial charge in [0.15, 0.2) is 5.96 Å². The Kier molecular flexibility index (Phi) is 4.68. The molecule has 0 atom stereocenters. The first-order valence-electron chi connectivity index (χ1n) is 7.77. The van der Waals surface area contributed by atoms with Crippen molar-refractivity contribution >= 4 is 11.6 Å². The third kappa shape index (κ3) is 3.63. The van der Waals surface area contributed by atoms with E-state index < -0.39 is 0 Å². The number of hydrogen-bond donors (Lipinski definition) is 1.